The summed E-state index contributed by atoms with van der Waals surface area (Å²) >= 11 is 0. The molecule has 1 aliphatic rings. The summed E-state index contributed by atoms with van der Waals surface area (Å²) in [5, 5.41) is 9.32. The quantitative estimate of drug-likeness (QED) is 0.826. The van der Waals surface area contributed by atoms with Gasteiger partial charge in [0.2, 0.25) is 5.91 Å². The number of carbonyl (C=O) groups excluding carboxylic acids is 1. The summed E-state index contributed by atoms with van der Waals surface area (Å²) in [6.45, 7) is 3.85. The topological polar surface area (TPSA) is 57.6 Å². The third kappa shape index (κ3) is 2.52. The highest BCUT2D eigenvalue weighted by Crippen LogP contribution is 2.24. The molecule has 0 saturated carbocycles. The summed E-state index contributed by atoms with van der Waals surface area (Å²) in [5.74, 6) is -1.16. The van der Waals surface area contributed by atoms with Crippen molar-refractivity contribution in [2.24, 2.45) is 0 Å². The summed E-state index contributed by atoms with van der Waals surface area (Å²) in [7, 11) is 0. The van der Waals surface area contributed by atoms with E-state index in [2.05, 4.69) is 0 Å². The Balaban J connectivity index is 2.37. The summed E-state index contributed by atoms with van der Waals surface area (Å²) in [5.41, 5.74) is 2.61. The van der Waals surface area contributed by atoms with Gasteiger partial charge in [0.1, 0.15) is 6.04 Å². The number of carboxylic acids is 1. The molecule has 19 heavy (non-hydrogen) atoms. The minimum absolute atomic E-state index is 0.204. The minimum Gasteiger partial charge on any atom is -0.480 e. The van der Waals surface area contributed by atoms with Crippen LogP contribution in [0.3, 0.4) is 0 Å². The number of amides is 1. The van der Waals surface area contributed by atoms with Crippen molar-refractivity contribution in [3.8, 4) is 0 Å². The number of hydrogen-bond acceptors (Lipinski definition) is 2. The lowest BCUT2D eigenvalue weighted by Gasteiger charge is -2.34. The Bertz CT molecular complexity index is 548. The first-order chi connectivity index (χ1) is 9.04. The maximum Gasteiger partial charge on any atom is 0.326 e. The van der Waals surface area contributed by atoms with Gasteiger partial charge < -0.3 is 10.0 Å². The van der Waals surface area contributed by atoms with Gasteiger partial charge in [-0.1, -0.05) is 30.3 Å². The minimum atomic E-state index is -0.952. The normalized spacial score (nSPS) is 18.9. The van der Waals surface area contributed by atoms with E-state index in [1.807, 2.05) is 24.3 Å². The second-order valence-electron chi connectivity index (χ2n) is 4.73. The highest BCUT2D eigenvalue weighted by atomic mass is 16.4. The van der Waals surface area contributed by atoms with Gasteiger partial charge in [-0.3, -0.25) is 4.79 Å². The zero-order chi connectivity index (χ0) is 14.0. The molecule has 0 aromatic heterocycles. The van der Waals surface area contributed by atoms with Gasteiger partial charge in [0, 0.05) is 18.5 Å². The number of allylic oxidation sites excluding steroid dienone is 1. The number of nitrogens with zero attached hydrogens (tertiary/aromatic N) is 1. The lowest BCUT2D eigenvalue weighted by Crippen LogP contribution is -2.48. The van der Waals surface area contributed by atoms with E-state index in [1.54, 1.807) is 19.9 Å². The monoisotopic (exact) mass is 259 g/mol. The van der Waals surface area contributed by atoms with Crippen LogP contribution in [0.1, 0.15) is 25.0 Å². The number of fused-ring (bicyclic) bond motifs is 1. The molecule has 0 saturated heterocycles. The van der Waals surface area contributed by atoms with Crippen molar-refractivity contribution in [1.82, 2.24) is 4.90 Å². The maximum atomic E-state index is 12.2. The van der Waals surface area contributed by atoms with E-state index in [-0.39, 0.29) is 5.91 Å². The van der Waals surface area contributed by atoms with Gasteiger partial charge in [0.15, 0.2) is 0 Å². The Morgan fingerprint density at radius 1 is 1.32 bits per heavy atom. The fourth-order valence-corrected chi connectivity index (χ4v) is 2.31. The van der Waals surface area contributed by atoms with Gasteiger partial charge >= 0.3 is 5.97 Å². The Hall–Kier alpha value is -2.10. The molecular formula is C15H17NO3. The number of hydrogen-bond donors (Lipinski definition) is 1. The molecule has 1 aromatic carbocycles. The van der Waals surface area contributed by atoms with Crippen LogP contribution in [0, 0.1) is 0 Å². The van der Waals surface area contributed by atoms with Crippen molar-refractivity contribution in [2.75, 3.05) is 0 Å². The molecule has 1 N–H and O–H groups in total. The molecule has 0 radical (unpaired) electrons. The maximum absolute atomic E-state index is 12.2. The zero-order valence-electron chi connectivity index (χ0n) is 11.1. The Kier molecular flexibility index (Phi) is 3.69. The summed E-state index contributed by atoms with van der Waals surface area (Å²) in [6.07, 6.45) is 2.08. The van der Waals surface area contributed by atoms with Gasteiger partial charge in [0.25, 0.3) is 0 Å². The molecule has 100 valence electrons. The Morgan fingerprint density at radius 3 is 2.53 bits per heavy atom. The first-order valence-corrected chi connectivity index (χ1v) is 6.28. The third-order valence-corrected chi connectivity index (χ3v) is 3.56. The molecule has 1 heterocycles. The van der Waals surface area contributed by atoms with E-state index in [9.17, 15) is 14.7 Å². The molecule has 0 aliphatic carbocycles. The molecule has 1 aliphatic heterocycles. The van der Waals surface area contributed by atoms with Gasteiger partial charge in [0.05, 0.1) is 0 Å². The lowest BCUT2D eigenvalue weighted by atomic mass is 9.93. The standard InChI is InChI=1S/C15H17NO3/c1-3-10(2)14(17)16-9-12-7-5-4-6-11(12)8-13(16)15(18)19/h3-7,13H,8-9H2,1-2H3,(H,18,19). The Labute approximate surface area is 112 Å². The molecule has 4 nitrogen and oxygen atoms in total. The third-order valence-electron chi connectivity index (χ3n) is 3.56. The van der Waals surface area contributed by atoms with E-state index < -0.39 is 12.0 Å². The van der Waals surface area contributed by atoms with Crippen molar-refractivity contribution >= 4 is 11.9 Å². The predicted octanol–water partition coefficient (Wildman–Crippen LogP) is 1.99. The molecule has 0 bridgehead atoms. The van der Waals surface area contributed by atoms with Crippen LogP contribution in [-0.4, -0.2) is 27.9 Å². The SMILES string of the molecule is CC=C(C)C(=O)N1Cc2ccccc2CC1C(=O)O. The van der Waals surface area contributed by atoms with Crippen molar-refractivity contribution in [3.05, 3.63) is 47.0 Å². The van der Waals surface area contributed by atoms with E-state index >= 15 is 0 Å². The van der Waals surface area contributed by atoms with Gasteiger partial charge in [-0.2, -0.15) is 0 Å². The number of carbonyl (C=O) groups is 2. The summed E-state index contributed by atoms with van der Waals surface area (Å²) < 4.78 is 0. The van der Waals surface area contributed by atoms with Gasteiger partial charge in [-0.25, -0.2) is 4.79 Å². The van der Waals surface area contributed by atoms with Crippen LogP contribution in [-0.2, 0) is 22.6 Å². The average molecular weight is 259 g/mol. The Morgan fingerprint density at radius 2 is 1.95 bits per heavy atom. The fourth-order valence-electron chi connectivity index (χ4n) is 2.31. The van der Waals surface area contributed by atoms with E-state index in [0.717, 1.165) is 11.1 Å². The van der Waals surface area contributed by atoms with Crippen molar-refractivity contribution in [3.63, 3.8) is 0 Å². The average Bonchev–Trinajstić information content (AvgIpc) is 2.44. The number of carboxylic acid groups (broad SMARTS) is 1. The smallest absolute Gasteiger partial charge is 0.326 e. The van der Waals surface area contributed by atoms with Crippen LogP contribution in [0.5, 0.6) is 0 Å². The number of aliphatic carboxylic acids is 1. The lowest BCUT2D eigenvalue weighted by molar-refractivity contribution is -0.149. The van der Waals surface area contributed by atoms with Gasteiger partial charge in [-0.05, 0) is 25.0 Å². The van der Waals surface area contributed by atoms with E-state index in [1.165, 1.54) is 4.90 Å². The van der Waals surface area contributed by atoms with E-state index in [0.29, 0.717) is 18.5 Å². The molecule has 1 atom stereocenters. The van der Waals surface area contributed by atoms with Crippen molar-refractivity contribution in [1.29, 1.82) is 0 Å². The van der Waals surface area contributed by atoms with Crippen LogP contribution in [0.15, 0.2) is 35.9 Å². The first kappa shape index (κ1) is 13.3. The van der Waals surface area contributed by atoms with Crippen molar-refractivity contribution < 1.29 is 14.7 Å². The molecule has 0 fully saturated rings. The summed E-state index contributed by atoms with van der Waals surface area (Å²) in [4.78, 5) is 25.1. The number of rotatable bonds is 2. The second kappa shape index (κ2) is 5.26. The highest BCUT2D eigenvalue weighted by Gasteiger charge is 2.34. The molecule has 1 aromatic rings. The molecular weight excluding hydrogens is 242 g/mol. The first-order valence-electron chi connectivity index (χ1n) is 6.28. The van der Waals surface area contributed by atoms with Crippen molar-refractivity contribution in [2.45, 2.75) is 32.9 Å². The largest absolute Gasteiger partial charge is 0.480 e. The molecule has 0 spiro atoms. The zero-order valence-corrected chi connectivity index (χ0v) is 11.1. The molecule has 4 heteroatoms. The van der Waals surface area contributed by atoms with E-state index in [4.69, 9.17) is 0 Å². The van der Waals surface area contributed by atoms with Crippen LogP contribution < -0.4 is 0 Å². The molecule has 1 amide bonds. The second-order valence-corrected chi connectivity index (χ2v) is 4.73. The van der Waals surface area contributed by atoms with Crippen LogP contribution in [0.2, 0.25) is 0 Å². The van der Waals surface area contributed by atoms with Crippen LogP contribution in [0.25, 0.3) is 0 Å². The summed E-state index contributed by atoms with van der Waals surface area (Å²) in [6, 6.07) is 6.89. The predicted molar refractivity (Wildman–Crippen MR) is 71.6 cm³/mol. The molecule has 2 rings (SSSR count). The van der Waals surface area contributed by atoms with Gasteiger partial charge in [-0.15, -0.1) is 0 Å². The van der Waals surface area contributed by atoms with Crippen LogP contribution in [0.4, 0.5) is 0 Å². The fraction of sp³-hybridized carbons (Fsp3) is 0.333. The highest BCUT2D eigenvalue weighted by molar-refractivity contribution is 5.95. The number of benzene rings is 1. The van der Waals surface area contributed by atoms with Crippen LogP contribution >= 0.6 is 0 Å². The molecule has 1 unspecified atom stereocenters.